The Hall–Kier alpha value is -2.44. The van der Waals surface area contributed by atoms with Crippen molar-refractivity contribution in [1.29, 1.82) is 0 Å². The molecule has 0 bridgehead atoms. The van der Waals surface area contributed by atoms with Gasteiger partial charge in [-0.15, -0.1) is 0 Å². The number of anilines is 1. The molecule has 0 aliphatic carbocycles. The standard InChI is InChI=1S/C18H18ClN5O/c19-15-4-2-14(3-5-15)16-12-22-17(25-16)13-23-8-10-24(11-9-23)18-20-6-1-7-21-18/h1-7,12H,8-11,13H2/p+1. The highest BCUT2D eigenvalue weighted by Gasteiger charge is 2.23. The Bertz CT molecular complexity index is 813. The van der Waals surface area contributed by atoms with Crippen molar-refractivity contribution in [2.75, 3.05) is 31.1 Å². The third kappa shape index (κ3) is 3.81. The predicted molar refractivity (Wildman–Crippen MR) is 95.6 cm³/mol. The summed E-state index contributed by atoms with van der Waals surface area (Å²) < 4.78 is 5.91. The minimum absolute atomic E-state index is 0.716. The van der Waals surface area contributed by atoms with E-state index in [0.29, 0.717) is 5.02 Å². The van der Waals surface area contributed by atoms with Crippen molar-refractivity contribution in [3.8, 4) is 11.3 Å². The Morgan fingerprint density at radius 1 is 1.04 bits per heavy atom. The minimum Gasteiger partial charge on any atom is -0.435 e. The van der Waals surface area contributed by atoms with E-state index in [1.165, 1.54) is 4.90 Å². The summed E-state index contributed by atoms with van der Waals surface area (Å²) in [5, 5.41) is 0.716. The van der Waals surface area contributed by atoms with Crippen LogP contribution in [0, 0.1) is 0 Å². The van der Waals surface area contributed by atoms with Crippen LogP contribution in [-0.4, -0.2) is 41.1 Å². The van der Waals surface area contributed by atoms with Gasteiger partial charge in [-0.1, -0.05) is 11.6 Å². The zero-order valence-corrected chi connectivity index (χ0v) is 14.5. The van der Waals surface area contributed by atoms with E-state index in [2.05, 4.69) is 19.9 Å². The molecule has 0 saturated carbocycles. The van der Waals surface area contributed by atoms with Crippen LogP contribution < -0.4 is 9.80 Å². The largest absolute Gasteiger partial charge is 0.435 e. The number of halogens is 1. The quantitative estimate of drug-likeness (QED) is 0.771. The van der Waals surface area contributed by atoms with Crippen molar-refractivity contribution in [3.63, 3.8) is 0 Å². The number of rotatable bonds is 4. The number of benzene rings is 1. The lowest BCUT2D eigenvalue weighted by molar-refractivity contribution is -0.915. The molecule has 6 nitrogen and oxygen atoms in total. The fourth-order valence-electron chi connectivity index (χ4n) is 3.01. The molecule has 1 N–H and O–H groups in total. The van der Waals surface area contributed by atoms with Crippen LogP contribution in [-0.2, 0) is 6.54 Å². The van der Waals surface area contributed by atoms with Crippen LogP contribution >= 0.6 is 11.6 Å². The molecule has 2 aromatic heterocycles. The molecule has 0 atom stereocenters. The van der Waals surface area contributed by atoms with Crippen molar-refractivity contribution in [2.45, 2.75) is 6.54 Å². The Labute approximate surface area is 151 Å². The van der Waals surface area contributed by atoms with Gasteiger partial charge in [-0.2, -0.15) is 0 Å². The number of aromatic nitrogens is 3. The topological polar surface area (TPSA) is 59.5 Å². The van der Waals surface area contributed by atoms with Gasteiger partial charge in [0, 0.05) is 23.0 Å². The average molecular weight is 357 g/mol. The van der Waals surface area contributed by atoms with Gasteiger partial charge in [0.15, 0.2) is 12.3 Å². The fourth-order valence-corrected chi connectivity index (χ4v) is 3.13. The smallest absolute Gasteiger partial charge is 0.250 e. The van der Waals surface area contributed by atoms with Crippen molar-refractivity contribution < 1.29 is 9.32 Å². The molecule has 7 heteroatoms. The van der Waals surface area contributed by atoms with E-state index in [1.54, 1.807) is 18.6 Å². The van der Waals surface area contributed by atoms with Gasteiger partial charge in [-0.25, -0.2) is 15.0 Å². The molecule has 3 aromatic rings. The van der Waals surface area contributed by atoms with Crippen molar-refractivity contribution in [3.05, 3.63) is 59.8 Å². The number of hydrogen-bond acceptors (Lipinski definition) is 5. The molecule has 128 valence electrons. The molecule has 0 spiro atoms. The number of hydrogen-bond donors (Lipinski definition) is 1. The van der Waals surface area contributed by atoms with E-state index in [9.17, 15) is 0 Å². The maximum absolute atomic E-state index is 5.93. The Balaban J connectivity index is 1.35. The van der Waals surface area contributed by atoms with Gasteiger partial charge in [-0.3, -0.25) is 0 Å². The Morgan fingerprint density at radius 2 is 1.76 bits per heavy atom. The molecular formula is C18H19ClN5O+. The van der Waals surface area contributed by atoms with E-state index in [-0.39, 0.29) is 0 Å². The highest BCUT2D eigenvalue weighted by molar-refractivity contribution is 6.30. The molecule has 0 radical (unpaired) electrons. The van der Waals surface area contributed by atoms with E-state index in [4.69, 9.17) is 16.0 Å². The molecule has 1 saturated heterocycles. The van der Waals surface area contributed by atoms with Crippen LogP contribution in [0.5, 0.6) is 0 Å². The normalized spacial score (nSPS) is 15.5. The van der Waals surface area contributed by atoms with Crippen LogP contribution in [0.1, 0.15) is 5.89 Å². The maximum Gasteiger partial charge on any atom is 0.250 e. The van der Waals surface area contributed by atoms with Crippen LogP contribution in [0.15, 0.2) is 53.3 Å². The monoisotopic (exact) mass is 356 g/mol. The van der Waals surface area contributed by atoms with Gasteiger partial charge in [0.05, 0.1) is 32.4 Å². The highest BCUT2D eigenvalue weighted by atomic mass is 35.5. The van der Waals surface area contributed by atoms with Gasteiger partial charge in [0.1, 0.15) is 0 Å². The van der Waals surface area contributed by atoms with Gasteiger partial charge in [0.25, 0.3) is 5.89 Å². The first-order valence-electron chi connectivity index (χ1n) is 8.34. The minimum atomic E-state index is 0.716. The number of oxazole rings is 1. The highest BCUT2D eigenvalue weighted by Crippen LogP contribution is 2.22. The first-order valence-corrected chi connectivity index (χ1v) is 8.72. The predicted octanol–water partition coefficient (Wildman–Crippen LogP) is 1.69. The lowest BCUT2D eigenvalue weighted by atomic mass is 10.2. The second-order valence-corrected chi connectivity index (χ2v) is 6.52. The molecule has 1 aliphatic heterocycles. The van der Waals surface area contributed by atoms with Crippen molar-refractivity contribution in [1.82, 2.24) is 15.0 Å². The summed E-state index contributed by atoms with van der Waals surface area (Å²) >= 11 is 5.93. The zero-order chi connectivity index (χ0) is 17.1. The zero-order valence-electron chi connectivity index (χ0n) is 13.7. The van der Waals surface area contributed by atoms with Gasteiger partial charge in [-0.05, 0) is 30.3 Å². The van der Waals surface area contributed by atoms with Crippen LogP contribution in [0.3, 0.4) is 0 Å². The molecule has 1 aromatic carbocycles. The molecule has 4 rings (SSSR count). The molecule has 3 heterocycles. The fraction of sp³-hybridized carbons (Fsp3) is 0.278. The van der Waals surface area contributed by atoms with E-state index < -0.39 is 0 Å². The summed E-state index contributed by atoms with van der Waals surface area (Å²) in [5.74, 6) is 2.36. The second kappa shape index (κ2) is 7.21. The first kappa shape index (κ1) is 16.1. The molecule has 1 aliphatic rings. The number of quaternary nitrogens is 1. The van der Waals surface area contributed by atoms with Gasteiger partial charge >= 0.3 is 0 Å². The summed E-state index contributed by atoms with van der Waals surface area (Å²) in [7, 11) is 0. The maximum atomic E-state index is 5.93. The van der Waals surface area contributed by atoms with Gasteiger partial charge in [0.2, 0.25) is 5.95 Å². The number of nitrogens with zero attached hydrogens (tertiary/aromatic N) is 4. The van der Waals surface area contributed by atoms with Crippen molar-refractivity contribution >= 4 is 17.5 Å². The van der Waals surface area contributed by atoms with E-state index in [0.717, 1.165) is 55.9 Å². The molecule has 0 amide bonds. The third-order valence-electron chi connectivity index (χ3n) is 4.39. The Kier molecular flexibility index (Phi) is 4.63. The summed E-state index contributed by atoms with van der Waals surface area (Å²) in [6, 6.07) is 9.44. The lowest BCUT2D eigenvalue weighted by Crippen LogP contribution is -3.13. The summed E-state index contributed by atoms with van der Waals surface area (Å²) in [6.07, 6.45) is 5.35. The SMILES string of the molecule is Clc1ccc(-c2cnc(C[NH+]3CCN(c4ncccn4)CC3)o2)cc1. The number of piperazine rings is 1. The summed E-state index contributed by atoms with van der Waals surface area (Å²) in [6.45, 7) is 4.68. The third-order valence-corrected chi connectivity index (χ3v) is 4.64. The summed E-state index contributed by atoms with van der Waals surface area (Å²) in [5.41, 5.74) is 0.990. The first-order chi connectivity index (χ1) is 12.3. The molecule has 0 unspecified atom stereocenters. The van der Waals surface area contributed by atoms with Crippen molar-refractivity contribution in [2.24, 2.45) is 0 Å². The summed E-state index contributed by atoms with van der Waals surface area (Å²) in [4.78, 5) is 16.7. The lowest BCUT2D eigenvalue weighted by Gasteiger charge is -2.31. The van der Waals surface area contributed by atoms with Crippen LogP contribution in [0.25, 0.3) is 11.3 Å². The van der Waals surface area contributed by atoms with Gasteiger partial charge < -0.3 is 14.2 Å². The second-order valence-electron chi connectivity index (χ2n) is 6.09. The van der Waals surface area contributed by atoms with E-state index in [1.807, 2.05) is 30.3 Å². The molecule has 25 heavy (non-hydrogen) atoms. The Morgan fingerprint density at radius 3 is 2.48 bits per heavy atom. The molecular weight excluding hydrogens is 338 g/mol. The average Bonchev–Trinajstić information content (AvgIpc) is 3.12. The molecule has 1 fully saturated rings. The number of nitrogens with one attached hydrogen (secondary N) is 1. The van der Waals surface area contributed by atoms with Crippen LogP contribution in [0.4, 0.5) is 5.95 Å². The van der Waals surface area contributed by atoms with E-state index >= 15 is 0 Å². The van der Waals surface area contributed by atoms with Crippen LogP contribution in [0.2, 0.25) is 5.02 Å².